The molecule has 17 heavy (non-hydrogen) atoms. The highest BCUT2D eigenvalue weighted by Gasteiger charge is 2.27. The molecule has 1 fully saturated rings. The molecule has 1 aliphatic rings. The van der Waals surface area contributed by atoms with E-state index in [4.69, 9.17) is 11.6 Å². The molecule has 1 aliphatic heterocycles. The Morgan fingerprint density at radius 1 is 1.35 bits per heavy atom. The molecule has 0 bridgehead atoms. The summed E-state index contributed by atoms with van der Waals surface area (Å²) in [5.41, 5.74) is 0.751. The summed E-state index contributed by atoms with van der Waals surface area (Å²) in [6.07, 6.45) is 1.19. The second-order valence-electron chi connectivity index (χ2n) is 5.05. The molecule has 0 N–H and O–H groups in total. The zero-order valence-electron chi connectivity index (χ0n) is 10.3. The van der Waals surface area contributed by atoms with Crippen molar-refractivity contribution in [3.63, 3.8) is 0 Å². The summed E-state index contributed by atoms with van der Waals surface area (Å²) in [4.78, 5) is 14.3. The molecule has 0 spiro atoms. The highest BCUT2D eigenvalue weighted by Crippen LogP contribution is 2.22. The average molecular weight is 252 g/mol. The van der Waals surface area contributed by atoms with Gasteiger partial charge >= 0.3 is 0 Å². The van der Waals surface area contributed by atoms with Crippen molar-refractivity contribution in [1.82, 2.24) is 4.90 Å². The normalized spacial score (nSPS) is 25.1. The second-order valence-corrected chi connectivity index (χ2v) is 5.49. The number of hydrogen-bond donors (Lipinski definition) is 0. The smallest absolute Gasteiger partial charge is 0.176 e. The number of carbonyl (C=O) groups is 1. The van der Waals surface area contributed by atoms with Crippen LogP contribution in [-0.2, 0) is 0 Å². The molecule has 3 heteroatoms. The number of carbonyl (C=O) groups excluding carboxylic acids is 1. The summed E-state index contributed by atoms with van der Waals surface area (Å²) < 4.78 is 0. The van der Waals surface area contributed by atoms with Crippen LogP contribution in [0.25, 0.3) is 0 Å². The van der Waals surface area contributed by atoms with E-state index in [-0.39, 0.29) is 5.78 Å². The molecule has 2 rings (SSSR count). The van der Waals surface area contributed by atoms with E-state index < -0.39 is 0 Å². The number of nitrogens with zero attached hydrogens (tertiary/aromatic N) is 1. The Morgan fingerprint density at radius 3 is 2.53 bits per heavy atom. The van der Waals surface area contributed by atoms with Gasteiger partial charge in [0.25, 0.3) is 0 Å². The highest BCUT2D eigenvalue weighted by atomic mass is 35.5. The molecule has 1 aromatic rings. The number of halogens is 1. The second kappa shape index (κ2) is 5.19. The molecule has 1 aromatic carbocycles. The lowest BCUT2D eigenvalue weighted by atomic mass is 10.1. The fourth-order valence-electron chi connectivity index (χ4n) is 2.52. The first-order valence-corrected chi connectivity index (χ1v) is 6.47. The van der Waals surface area contributed by atoms with Crippen molar-refractivity contribution in [3.8, 4) is 0 Å². The van der Waals surface area contributed by atoms with Gasteiger partial charge in [0.1, 0.15) is 0 Å². The van der Waals surface area contributed by atoms with Crippen molar-refractivity contribution in [2.75, 3.05) is 13.1 Å². The van der Waals surface area contributed by atoms with Crippen molar-refractivity contribution in [3.05, 3.63) is 34.9 Å². The minimum Gasteiger partial charge on any atom is -0.293 e. The molecular weight excluding hydrogens is 234 g/mol. The van der Waals surface area contributed by atoms with E-state index in [1.54, 1.807) is 24.3 Å². The Balaban J connectivity index is 2.00. The molecule has 1 saturated heterocycles. The Bertz CT molecular complexity index is 401. The fourth-order valence-corrected chi connectivity index (χ4v) is 2.64. The van der Waals surface area contributed by atoms with Gasteiger partial charge in [0, 0.05) is 23.2 Å². The molecule has 2 atom stereocenters. The summed E-state index contributed by atoms with van der Waals surface area (Å²) in [6.45, 7) is 5.98. The molecule has 0 aliphatic carbocycles. The largest absolute Gasteiger partial charge is 0.293 e. The summed E-state index contributed by atoms with van der Waals surface area (Å²) in [5.74, 6) is 0.880. The SMILES string of the molecule is CC1CC(C)N(CC(=O)c2ccc(Cl)cc2)C1. The summed E-state index contributed by atoms with van der Waals surface area (Å²) >= 11 is 5.81. The Morgan fingerprint density at radius 2 is 2.00 bits per heavy atom. The third-order valence-electron chi connectivity index (χ3n) is 3.43. The first-order chi connectivity index (χ1) is 8.06. The summed E-state index contributed by atoms with van der Waals surface area (Å²) in [6, 6.07) is 7.65. The third-order valence-corrected chi connectivity index (χ3v) is 3.68. The lowest BCUT2D eigenvalue weighted by Crippen LogP contribution is -2.32. The van der Waals surface area contributed by atoms with Crippen LogP contribution in [0.4, 0.5) is 0 Å². The predicted octanol–water partition coefficient (Wildman–Crippen LogP) is 3.25. The van der Waals surface area contributed by atoms with Gasteiger partial charge in [-0.1, -0.05) is 18.5 Å². The van der Waals surface area contributed by atoms with Crippen LogP contribution < -0.4 is 0 Å². The van der Waals surface area contributed by atoms with Gasteiger partial charge in [0.05, 0.1) is 6.54 Å². The van der Waals surface area contributed by atoms with E-state index >= 15 is 0 Å². The van der Waals surface area contributed by atoms with Crippen LogP contribution in [0.1, 0.15) is 30.6 Å². The number of Topliss-reactive ketones (excluding diaryl/α,β-unsaturated/α-hetero) is 1. The molecule has 0 amide bonds. The van der Waals surface area contributed by atoms with Crippen molar-refractivity contribution in [2.24, 2.45) is 5.92 Å². The molecule has 2 unspecified atom stereocenters. The monoisotopic (exact) mass is 251 g/mol. The zero-order chi connectivity index (χ0) is 12.4. The van der Waals surface area contributed by atoms with E-state index in [0.717, 1.165) is 12.1 Å². The van der Waals surface area contributed by atoms with Crippen LogP contribution in [0.5, 0.6) is 0 Å². The molecule has 0 aromatic heterocycles. The van der Waals surface area contributed by atoms with E-state index in [0.29, 0.717) is 23.5 Å². The van der Waals surface area contributed by atoms with Crippen molar-refractivity contribution in [2.45, 2.75) is 26.3 Å². The number of hydrogen-bond acceptors (Lipinski definition) is 2. The average Bonchev–Trinajstić information content (AvgIpc) is 2.58. The van der Waals surface area contributed by atoms with Gasteiger partial charge in [-0.2, -0.15) is 0 Å². The van der Waals surface area contributed by atoms with Crippen molar-refractivity contribution < 1.29 is 4.79 Å². The van der Waals surface area contributed by atoms with Gasteiger partial charge in [-0.15, -0.1) is 0 Å². The van der Waals surface area contributed by atoms with Crippen LogP contribution in [0, 0.1) is 5.92 Å². The standard InChI is InChI=1S/C14H18ClNO/c1-10-7-11(2)16(8-10)9-14(17)12-3-5-13(15)6-4-12/h3-6,10-11H,7-9H2,1-2H3. The van der Waals surface area contributed by atoms with Crippen molar-refractivity contribution in [1.29, 1.82) is 0 Å². The number of rotatable bonds is 3. The quantitative estimate of drug-likeness (QED) is 0.769. The molecule has 92 valence electrons. The number of benzene rings is 1. The van der Waals surface area contributed by atoms with Crippen LogP contribution >= 0.6 is 11.6 Å². The lowest BCUT2D eigenvalue weighted by Gasteiger charge is -2.19. The van der Waals surface area contributed by atoms with Gasteiger partial charge in [0.15, 0.2) is 5.78 Å². The Labute approximate surface area is 108 Å². The number of ketones is 1. The Hall–Kier alpha value is -0.860. The van der Waals surface area contributed by atoms with Gasteiger partial charge in [-0.05, 0) is 43.5 Å². The molecule has 2 nitrogen and oxygen atoms in total. The van der Waals surface area contributed by atoms with Gasteiger partial charge in [-0.3, -0.25) is 9.69 Å². The zero-order valence-corrected chi connectivity index (χ0v) is 11.1. The van der Waals surface area contributed by atoms with Crippen LogP contribution in [0.2, 0.25) is 5.02 Å². The topological polar surface area (TPSA) is 20.3 Å². The maximum atomic E-state index is 12.1. The maximum absolute atomic E-state index is 12.1. The first-order valence-electron chi connectivity index (χ1n) is 6.09. The van der Waals surface area contributed by atoms with Gasteiger partial charge in [0.2, 0.25) is 0 Å². The third kappa shape index (κ3) is 3.08. The van der Waals surface area contributed by atoms with E-state index in [1.165, 1.54) is 6.42 Å². The Kier molecular flexibility index (Phi) is 3.85. The van der Waals surface area contributed by atoms with E-state index in [1.807, 2.05) is 0 Å². The van der Waals surface area contributed by atoms with Gasteiger partial charge in [-0.25, -0.2) is 0 Å². The predicted molar refractivity (Wildman–Crippen MR) is 70.6 cm³/mol. The summed E-state index contributed by atoms with van der Waals surface area (Å²) in [5, 5.41) is 0.671. The minimum absolute atomic E-state index is 0.183. The summed E-state index contributed by atoms with van der Waals surface area (Å²) in [7, 11) is 0. The highest BCUT2D eigenvalue weighted by molar-refractivity contribution is 6.30. The van der Waals surface area contributed by atoms with E-state index in [2.05, 4.69) is 18.7 Å². The van der Waals surface area contributed by atoms with Gasteiger partial charge < -0.3 is 0 Å². The molecule has 1 heterocycles. The lowest BCUT2D eigenvalue weighted by molar-refractivity contribution is 0.0925. The van der Waals surface area contributed by atoms with Crippen LogP contribution in [0.15, 0.2) is 24.3 Å². The number of likely N-dealkylation sites (tertiary alicyclic amines) is 1. The maximum Gasteiger partial charge on any atom is 0.176 e. The fraction of sp³-hybridized carbons (Fsp3) is 0.500. The van der Waals surface area contributed by atoms with E-state index in [9.17, 15) is 4.79 Å². The van der Waals surface area contributed by atoms with Crippen LogP contribution in [-0.4, -0.2) is 29.8 Å². The molecular formula is C14H18ClNO. The van der Waals surface area contributed by atoms with Crippen LogP contribution in [0.3, 0.4) is 0 Å². The molecule has 0 radical (unpaired) electrons. The molecule has 0 saturated carbocycles. The minimum atomic E-state index is 0.183. The first kappa shape index (κ1) is 12.6. The van der Waals surface area contributed by atoms with Crippen molar-refractivity contribution >= 4 is 17.4 Å².